The summed E-state index contributed by atoms with van der Waals surface area (Å²) in [5.41, 5.74) is 0. The molecule has 0 spiro atoms. The minimum Gasteiger partial charge on any atom is -0.454 e. The van der Waals surface area contributed by atoms with Crippen LogP contribution in [0.3, 0.4) is 0 Å². The van der Waals surface area contributed by atoms with Gasteiger partial charge in [-0.2, -0.15) is 8.42 Å². The van der Waals surface area contributed by atoms with E-state index >= 15 is 0 Å². The molecule has 2 aliphatic heterocycles. The fraction of sp³-hybridized carbons (Fsp3) is 0.895. The highest BCUT2D eigenvalue weighted by Crippen LogP contribution is 2.31. The molecule has 1 amide bonds. The van der Waals surface area contributed by atoms with E-state index < -0.39 is 96.8 Å². The van der Waals surface area contributed by atoms with E-state index in [2.05, 4.69) is 9.50 Å². The maximum Gasteiger partial charge on any atom is 0.397 e. The standard InChI is InChI=1S/C19H33NO15S/c1-4-5-30-19-17(32-9(3)23)15(26)16(11(34-19)7-31-36(27,28)29)35-18-12(20-8(2)22)14(25)13(24)10(6-21)33-18/h10-19,21,24-26H,4-7H2,1-3H3,(H,20,22)(H,27,28,29)/t10-,11-,12-,13-,14-,15+,16-,17-,18+,19+/m1/s1. The number of amides is 1. The summed E-state index contributed by atoms with van der Waals surface area (Å²) in [6.07, 6.45) is -13.6. The van der Waals surface area contributed by atoms with Gasteiger partial charge in [0.15, 0.2) is 18.7 Å². The normalized spacial score (nSPS) is 37.3. The van der Waals surface area contributed by atoms with Crippen LogP contribution in [-0.4, -0.2) is 126 Å². The molecular formula is C19H33NO15S. The van der Waals surface area contributed by atoms with Crippen LogP contribution in [0.2, 0.25) is 0 Å². The molecule has 0 aliphatic carbocycles. The molecule has 2 fully saturated rings. The highest BCUT2D eigenvalue weighted by Gasteiger charge is 2.53. The van der Waals surface area contributed by atoms with Crippen molar-refractivity contribution in [1.82, 2.24) is 5.32 Å². The van der Waals surface area contributed by atoms with Gasteiger partial charge >= 0.3 is 16.4 Å². The molecule has 16 nitrogen and oxygen atoms in total. The monoisotopic (exact) mass is 547 g/mol. The number of aliphatic hydroxyl groups is 4. The lowest BCUT2D eigenvalue weighted by atomic mass is 9.95. The summed E-state index contributed by atoms with van der Waals surface area (Å²) >= 11 is 0. The van der Waals surface area contributed by atoms with Crippen molar-refractivity contribution in [2.24, 2.45) is 0 Å². The Labute approximate surface area is 207 Å². The van der Waals surface area contributed by atoms with Crippen molar-refractivity contribution in [3.8, 4) is 0 Å². The molecule has 0 aromatic carbocycles. The van der Waals surface area contributed by atoms with Crippen LogP contribution in [0, 0.1) is 0 Å². The summed E-state index contributed by atoms with van der Waals surface area (Å²) < 4.78 is 63.2. The van der Waals surface area contributed by atoms with Gasteiger partial charge in [0.1, 0.15) is 42.7 Å². The average molecular weight is 548 g/mol. The maximum absolute atomic E-state index is 11.7. The molecule has 0 aromatic rings. The molecule has 10 atom stereocenters. The van der Waals surface area contributed by atoms with Crippen molar-refractivity contribution in [3.05, 3.63) is 0 Å². The molecule has 210 valence electrons. The Morgan fingerprint density at radius 2 is 1.61 bits per heavy atom. The van der Waals surface area contributed by atoms with Crippen LogP contribution < -0.4 is 5.32 Å². The number of ether oxygens (including phenoxy) is 5. The third-order valence-corrected chi connectivity index (χ3v) is 5.76. The SMILES string of the molecule is CCCO[C@H]1O[C@H](COS(=O)(=O)O)[C@@H](O[C@@H]2O[C@H](CO)[C@@H](O)[C@H](O)[C@H]2NC(C)=O)[C@H](O)[C@H]1OC(C)=O. The van der Waals surface area contributed by atoms with Crippen molar-refractivity contribution >= 4 is 22.3 Å². The molecule has 2 heterocycles. The van der Waals surface area contributed by atoms with Crippen molar-refractivity contribution in [1.29, 1.82) is 0 Å². The lowest BCUT2D eigenvalue weighted by molar-refractivity contribution is -0.347. The first-order valence-electron chi connectivity index (χ1n) is 11.1. The second kappa shape index (κ2) is 13.3. The van der Waals surface area contributed by atoms with E-state index in [1.54, 1.807) is 6.92 Å². The Bertz CT molecular complexity index is 841. The van der Waals surface area contributed by atoms with Crippen molar-refractivity contribution in [3.63, 3.8) is 0 Å². The van der Waals surface area contributed by atoms with Crippen LogP contribution in [0.25, 0.3) is 0 Å². The largest absolute Gasteiger partial charge is 0.454 e. The average Bonchev–Trinajstić information content (AvgIpc) is 2.78. The number of hydrogen-bond acceptors (Lipinski definition) is 14. The molecule has 2 saturated heterocycles. The zero-order valence-electron chi connectivity index (χ0n) is 19.8. The van der Waals surface area contributed by atoms with Crippen LogP contribution >= 0.6 is 0 Å². The fourth-order valence-corrected chi connectivity index (χ4v) is 4.08. The second-order valence-electron chi connectivity index (χ2n) is 8.22. The Morgan fingerprint density at radius 3 is 2.14 bits per heavy atom. The number of rotatable bonds is 11. The lowest BCUT2D eigenvalue weighted by Crippen LogP contribution is -2.68. The van der Waals surface area contributed by atoms with Gasteiger partial charge in [0.05, 0.1) is 13.2 Å². The van der Waals surface area contributed by atoms with Gasteiger partial charge in [-0.3, -0.25) is 14.1 Å². The Hall–Kier alpha value is -1.51. The lowest BCUT2D eigenvalue weighted by Gasteiger charge is -2.47. The molecule has 2 rings (SSSR count). The fourth-order valence-electron chi connectivity index (χ4n) is 3.78. The molecule has 36 heavy (non-hydrogen) atoms. The van der Waals surface area contributed by atoms with Crippen LogP contribution in [0.15, 0.2) is 0 Å². The van der Waals surface area contributed by atoms with Gasteiger partial charge in [-0.15, -0.1) is 0 Å². The molecule has 0 bridgehead atoms. The zero-order chi connectivity index (χ0) is 27.2. The van der Waals surface area contributed by atoms with Gasteiger partial charge < -0.3 is 49.4 Å². The van der Waals surface area contributed by atoms with E-state index in [0.717, 1.165) is 13.8 Å². The first-order chi connectivity index (χ1) is 16.8. The summed E-state index contributed by atoms with van der Waals surface area (Å²) in [5.74, 6) is -1.47. The van der Waals surface area contributed by atoms with E-state index in [4.69, 9.17) is 28.2 Å². The van der Waals surface area contributed by atoms with Crippen LogP contribution in [0.5, 0.6) is 0 Å². The van der Waals surface area contributed by atoms with Crippen LogP contribution in [-0.2, 0) is 47.9 Å². The smallest absolute Gasteiger partial charge is 0.397 e. The summed E-state index contributed by atoms with van der Waals surface area (Å²) in [6, 6.07) is -1.42. The second-order valence-corrected chi connectivity index (χ2v) is 9.32. The quantitative estimate of drug-likeness (QED) is 0.109. The highest BCUT2D eigenvalue weighted by molar-refractivity contribution is 7.80. The molecule has 2 aliphatic rings. The summed E-state index contributed by atoms with van der Waals surface area (Å²) in [5, 5.41) is 43.6. The van der Waals surface area contributed by atoms with E-state index in [9.17, 15) is 38.4 Å². The summed E-state index contributed by atoms with van der Waals surface area (Å²) in [6.45, 7) is 2.39. The van der Waals surface area contributed by atoms with E-state index in [0.29, 0.717) is 6.42 Å². The Kier molecular flexibility index (Phi) is 11.4. The number of esters is 1. The molecule has 0 saturated carbocycles. The van der Waals surface area contributed by atoms with Gasteiger partial charge in [-0.05, 0) is 6.42 Å². The minimum atomic E-state index is -4.96. The topological polar surface area (TPSA) is 237 Å². The van der Waals surface area contributed by atoms with Gasteiger partial charge in [0.2, 0.25) is 5.91 Å². The number of aliphatic hydroxyl groups excluding tert-OH is 4. The van der Waals surface area contributed by atoms with Gasteiger partial charge in [0, 0.05) is 20.5 Å². The Morgan fingerprint density at radius 1 is 0.972 bits per heavy atom. The Balaban J connectivity index is 2.40. The molecule has 0 unspecified atom stereocenters. The maximum atomic E-state index is 11.7. The van der Waals surface area contributed by atoms with Crippen molar-refractivity contribution in [2.45, 2.75) is 88.5 Å². The first kappa shape index (κ1) is 30.7. The molecule has 0 aromatic heterocycles. The van der Waals surface area contributed by atoms with Crippen LogP contribution in [0.1, 0.15) is 27.2 Å². The van der Waals surface area contributed by atoms with E-state index in [1.165, 1.54) is 0 Å². The number of hydrogen-bond donors (Lipinski definition) is 6. The van der Waals surface area contributed by atoms with Crippen LogP contribution in [0.4, 0.5) is 0 Å². The third-order valence-electron chi connectivity index (χ3n) is 5.33. The first-order valence-corrected chi connectivity index (χ1v) is 12.4. The molecule has 17 heteroatoms. The molecule has 6 N–H and O–H groups in total. The summed E-state index contributed by atoms with van der Waals surface area (Å²) in [7, 11) is -4.96. The van der Waals surface area contributed by atoms with E-state index in [1.807, 2.05) is 0 Å². The molecular weight excluding hydrogens is 514 g/mol. The summed E-state index contributed by atoms with van der Waals surface area (Å²) in [4.78, 5) is 23.3. The number of carbonyl (C=O) groups is 2. The highest BCUT2D eigenvalue weighted by atomic mass is 32.3. The number of nitrogens with one attached hydrogen (secondary N) is 1. The van der Waals surface area contributed by atoms with Gasteiger partial charge in [-0.25, -0.2) is 4.18 Å². The molecule has 0 radical (unpaired) electrons. The third kappa shape index (κ3) is 8.25. The van der Waals surface area contributed by atoms with Crippen molar-refractivity contribution in [2.75, 3.05) is 19.8 Å². The van der Waals surface area contributed by atoms with Gasteiger partial charge in [0.25, 0.3) is 0 Å². The van der Waals surface area contributed by atoms with Crippen molar-refractivity contribution < 1.29 is 70.9 Å². The van der Waals surface area contributed by atoms with E-state index in [-0.39, 0.29) is 6.61 Å². The van der Waals surface area contributed by atoms with Gasteiger partial charge in [-0.1, -0.05) is 6.92 Å². The zero-order valence-corrected chi connectivity index (χ0v) is 20.6. The predicted octanol–water partition coefficient (Wildman–Crippen LogP) is -3.42. The number of carbonyl (C=O) groups excluding carboxylic acids is 2. The predicted molar refractivity (Wildman–Crippen MR) is 114 cm³/mol. The minimum absolute atomic E-state index is 0.102.